The zero-order valence-electron chi connectivity index (χ0n) is 10.2. The molecule has 1 aliphatic rings. The summed E-state index contributed by atoms with van der Waals surface area (Å²) >= 11 is 0. The molecule has 0 aromatic carbocycles. The van der Waals surface area contributed by atoms with Crippen molar-refractivity contribution in [1.82, 2.24) is 15.1 Å². The van der Waals surface area contributed by atoms with Gasteiger partial charge >= 0.3 is 0 Å². The highest BCUT2D eigenvalue weighted by molar-refractivity contribution is 5.95. The van der Waals surface area contributed by atoms with Crippen LogP contribution in [0.25, 0.3) is 0 Å². The second-order valence-electron chi connectivity index (χ2n) is 4.89. The van der Waals surface area contributed by atoms with E-state index in [0.29, 0.717) is 11.6 Å². The van der Waals surface area contributed by atoms with Gasteiger partial charge in [-0.15, -0.1) is 0 Å². The van der Waals surface area contributed by atoms with Crippen molar-refractivity contribution >= 4 is 5.91 Å². The molecule has 88 valence electrons. The second-order valence-corrected chi connectivity index (χ2v) is 4.89. The third kappa shape index (κ3) is 2.26. The minimum Gasteiger partial charge on any atom is -0.349 e. The van der Waals surface area contributed by atoms with Gasteiger partial charge in [0.1, 0.15) is 0 Å². The monoisotopic (exact) mass is 221 g/mol. The summed E-state index contributed by atoms with van der Waals surface area (Å²) in [5.41, 5.74) is 1.49. The van der Waals surface area contributed by atoms with Gasteiger partial charge in [-0.1, -0.05) is 6.92 Å². The molecule has 16 heavy (non-hydrogen) atoms. The molecule has 1 saturated carbocycles. The fraction of sp³-hybridized carbons (Fsp3) is 0.667. The maximum Gasteiger partial charge on any atom is 0.254 e. The lowest BCUT2D eigenvalue weighted by Crippen LogP contribution is -2.33. The van der Waals surface area contributed by atoms with E-state index in [9.17, 15) is 4.79 Å². The number of nitrogens with zero attached hydrogens (tertiary/aromatic N) is 2. The van der Waals surface area contributed by atoms with Gasteiger partial charge in [-0.3, -0.25) is 9.48 Å². The third-order valence-electron chi connectivity index (χ3n) is 3.29. The topological polar surface area (TPSA) is 46.9 Å². The quantitative estimate of drug-likeness (QED) is 0.825. The Kier molecular flexibility index (Phi) is 2.99. The summed E-state index contributed by atoms with van der Waals surface area (Å²) in [5, 5.41) is 7.26. The molecule has 0 saturated heterocycles. The van der Waals surface area contributed by atoms with Crippen molar-refractivity contribution in [3.63, 3.8) is 0 Å². The molecule has 1 aromatic heterocycles. The van der Waals surface area contributed by atoms with Crippen LogP contribution in [0.15, 0.2) is 6.20 Å². The molecular formula is C12H19N3O. The summed E-state index contributed by atoms with van der Waals surface area (Å²) in [6.45, 7) is 4.10. The molecule has 4 nitrogen and oxygen atoms in total. The molecule has 1 fully saturated rings. The highest BCUT2D eigenvalue weighted by atomic mass is 16.1. The van der Waals surface area contributed by atoms with Crippen molar-refractivity contribution in [2.75, 3.05) is 0 Å². The summed E-state index contributed by atoms with van der Waals surface area (Å²) in [4.78, 5) is 12.0. The van der Waals surface area contributed by atoms with Gasteiger partial charge < -0.3 is 5.32 Å². The summed E-state index contributed by atoms with van der Waals surface area (Å²) in [6, 6.07) is 0.349. The molecule has 1 heterocycles. The molecule has 2 rings (SSSR count). The Balaban J connectivity index is 2.00. The number of rotatable bonds is 2. The zero-order chi connectivity index (χ0) is 11.7. The summed E-state index contributed by atoms with van der Waals surface area (Å²) in [5.74, 6) is 0.755. The fourth-order valence-corrected chi connectivity index (χ4v) is 2.42. The van der Waals surface area contributed by atoms with Gasteiger partial charge in [-0.25, -0.2) is 0 Å². The molecular weight excluding hydrogens is 202 g/mol. The van der Waals surface area contributed by atoms with Crippen molar-refractivity contribution in [2.24, 2.45) is 13.0 Å². The molecule has 0 spiro atoms. The van der Waals surface area contributed by atoms with E-state index in [0.717, 1.165) is 24.5 Å². The molecule has 0 bridgehead atoms. The van der Waals surface area contributed by atoms with Crippen molar-refractivity contribution in [1.29, 1.82) is 0 Å². The SMILES string of the molecule is Cc1nn(C)cc1C(=O)NC1CCC(C)C1. The molecule has 1 amide bonds. The normalized spacial score (nSPS) is 24.7. The van der Waals surface area contributed by atoms with Gasteiger partial charge in [0.05, 0.1) is 11.3 Å². The number of carbonyl (C=O) groups excluding carboxylic acids is 1. The van der Waals surface area contributed by atoms with E-state index >= 15 is 0 Å². The predicted molar refractivity (Wildman–Crippen MR) is 62.2 cm³/mol. The second kappa shape index (κ2) is 4.28. The third-order valence-corrected chi connectivity index (χ3v) is 3.29. The molecule has 0 radical (unpaired) electrons. The lowest BCUT2D eigenvalue weighted by molar-refractivity contribution is 0.0936. The molecule has 2 atom stereocenters. The average Bonchev–Trinajstić information content (AvgIpc) is 2.73. The van der Waals surface area contributed by atoms with Crippen LogP contribution in [0.1, 0.15) is 42.2 Å². The Labute approximate surface area is 96.0 Å². The smallest absolute Gasteiger partial charge is 0.254 e. The number of amides is 1. The van der Waals surface area contributed by atoms with Crippen molar-refractivity contribution in [3.05, 3.63) is 17.5 Å². The Hall–Kier alpha value is -1.32. The van der Waals surface area contributed by atoms with Crippen molar-refractivity contribution < 1.29 is 4.79 Å². The van der Waals surface area contributed by atoms with Crippen LogP contribution in [0, 0.1) is 12.8 Å². The van der Waals surface area contributed by atoms with Crippen LogP contribution in [0.3, 0.4) is 0 Å². The van der Waals surface area contributed by atoms with E-state index in [1.54, 1.807) is 10.9 Å². The first-order valence-electron chi connectivity index (χ1n) is 5.87. The number of carbonyl (C=O) groups is 1. The number of aryl methyl sites for hydroxylation is 2. The fourth-order valence-electron chi connectivity index (χ4n) is 2.42. The summed E-state index contributed by atoms with van der Waals surface area (Å²) < 4.78 is 1.68. The van der Waals surface area contributed by atoms with Crippen LogP contribution < -0.4 is 5.32 Å². The largest absolute Gasteiger partial charge is 0.349 e. The molecule has 0 aliphatic heterocycles. The van der Waals surface area contributed by atoms with Crippen LogP contribution in [0.5, 0.6) is 0 Å². The zero-order valence-corrected chi connectivity index (χ0v) is 10.2. The Morgan fingerprint density at radius 1 is 1.56 bits per heavy atom. The number of hydrogen-bond acceptors (Lipinski definition) is 2. The van der Waals surface area contributed by atoms with Gasteiger partial charge in [0.25, 0.3) is 5.91 Å². The maximum absolute atomic E-state index is 12.0. The van der Waals surface area contributed by atoms with Crippen LogP contribution in [0.2, 0.25) is 0 Å². The minimum atomic E-state index is 0.0182. The van der Waals surface area contributed by atoms with Crippen LogP contribution in [-0.4, -0.2) is 21.7 Å². The summed E-state index contributed by atoms with van der Waals surface area (Å²) in [6.07, 6.45) is 5.21. The van der Waals surface area contributed by atoms with Crippen LogP contribution in [0.4, 0.5) is 0 Å². The lowest BCUT2D eigenvalue weighted by atomic mass is 10.1. The maximum atomic E-state index is 12.0. The molecule has 1 aromatic rings. The Bertz CT molecular complexity index is 397. The number of hydrogen-bond donors (Lipinski definition) is 1. The minimum absolute atomic E-state index is 0.0182. The standard InChI is InChI=1S/C12H19N3O/c1-8-4-5-10(6-8)13-12(16)11-7-15(3)14-9(11)2/h7-8,10H,4-6H2,1-3H3,(H,13,16). The van der Waals surface area contributed by atoms with E-state index in [1.165, 1.54) is 6.42 Å². The molecule has 1 aliphatic carbocycles. The Morgan fingerprint density at radius 2 is 2.31 bits per heavy atom. The van der Waals surface area contributed by atoms with Crippen LogP contribution in [-0.2, 0) is 7.05 Å². The average molecular weight is 221 g/mol. The van der Waals surface area contributed by atoms with Gasteiger partial charge in [0.2, 0.25) is 0 Å². The first-order valence-corrected chi connectivity index (χ1v) is 5.87. The first-order chi connectivity index (χ1) is 7.56. The van der Waals surface area contributed by atoms with Crippen molar-refractivity contribution in [2.45, 2.75) is 39.2 Å². The Morgan fingerprint density at radius 3 is 2.81 bits per heavy atom. The van der Waals surface area contributed by atoms with E-state index in [2.05, 4.69) is 17.3 Å². The molecule has 1 N–H and O–H groups in total. The number of nitrogens with one attached hydrogen (secondary N) is 1. The first kappa shape index (κ1) is 11.2. The van der Waals surface area contributed by atoms with Gasteiger partial charge in [0.15, 0.2) is 0 Å². The van der Waals surface area contributed by atoms with E-state index < -0.39 is 0 Å². The molecule has 2 unspecified atom stereocenters. The van der Waals surface area contributed by atoms with Crippen LogP contribution >= 0.6 is 0 Å². The predicted octanol–water partition coefficient (Wildman–Crippen LogP) is 1.65. The van der Waals surface area contributed by atoms with E-state index in [-0.39, 0.29) is 5.91 Å². The molecule has 4 heteroatoms. The van der Waals surface area contributed by atoms with Gasteiger partial charge in [-0.2, -0.15) is 5.10 Å². The van der Waals surface area contributed by atoms with E-state index in [4.69, 9.17) is 0 Å². The lowest BCUT2D eigenvalue weighted by Gasteiger charge is -2.11. The summed E-state index contributed by atoms with van der Waals surface area (Å²) in [7, 11) is 1.83. The number of aromatic nitrogens is 2. The highest BCUT2D eigenvalue weighted by Gasteiger charge is 2.24. The van der Waals surface area contributed by atoms with E-state index in [1.807, 2.05) is 14.0 Å². The van der Waals surface area contributed by atoms with Gasteiger partial charge in [-0.05, 0) is 32.1 Å². The van der Waals surface area contributed by atoms with Gasteiger partial charge in [0, 0.05) is 19.3 Å². The highest BCUT2D eigenvalue weighted by Crippen LogP contribution is 2.24. The van der Waals surface area contributed by atoms with Crippen molar-refractivity contribution in [3.8, 4) is 0 Å².